The van der Waals surface area contributed by atoms with Crippen molar-refractivity contribution in [2.24, 2.45) is 17.1 Å². The molecule has 0 bridgehead atoms. The van der Waals surface area contributed by atoms with E-state index in [1.165, 1.54) is 0 Å². The van der Waals surface area contributed by atoms with Crippen LogP contribution in [0.4, 0.5) is 0 Å². The summed E-state index contributed by atoms with van der Waals surface area (Å²) < 4.78 is 0. The molecule has 2 N–H and O–H groups in total. The molecule has 0 aromatic heterocycles. The van der Waals surface area contributed by atoms with Crippen molar-refractivity contribution in [2.45, 2.75) is 34.2 Å². The van der Waals surface area contributed by atoms with Gasteiger partial charge in [0.05, 0.1) is 0 Å². The van der Waals surface area contributed by atoms with E-state index in [0.717, 1.165) is 5.56 Å². The Kier molecular flexibility index (Phi) is 6.96. The minimum absolute atomic E-state index is 0.0181. The van der Waals surface area contributed by atoms with E-state index in [4.69, 9.17) is 5.73 Å². The van der Waals surface area contributed by atoms with E-state index in [2.05, 4.69) is 0 Å². The van der Waals surface area contributed by atoms with Crippen LogP contribution in [0, 0.1) is 11.3 Å². The number of rotatable bonds is 7. The van der Waals surface area contributed by atoms with E-state index < -0.39 is 0 Å². The van der Waals surface area contributed by atoms with Crippen LogP contribution < -0.4 is 5.73 Å². The zero-order chi connectivity index (χ0) is 18.5. The van der Waals surface area contributed by atoms with E-state index >= 15 is 0 Å². The molecule has 1 aromatic carbocycles. The molecule has 0 saturated carbocycles. The van der Waals surface area contributed by atoms with Crippen LogP contribution in [-0.2, 0) is 11.3 Å². The second kappa shape index (κ2) is 8.29. The Morgan fingerprint density at radius 1 is 1.08 bits per heavy atom. The molecule has 0 aliphatic heterocycles. The summed E-state index contributed by atoms with van der Waals surface area (Å²) in [5.74, 6) is 0.0731. The lowest BCUT2D eigenvalue weighted by Gasteiger charge is -2.29. The Morgan fingerprint density at radius 2 is 1.62 bits per heavy atom. The molecule has 134 valence electrons. The highest BCUT2D eigenvalue weighted by molar-refractivity contribution is 5.94. The summed E-state index contributed by atoms with van der Waals surface area (Å²) in [4.78, 5) is 27.8. The first-order chi connectivity index (χ1) is 11.1. The average Bonchev–Trinajstić information content (AvgIpc) is 2.53. The van der Waals surface area contributed by atoms with Gasteiger partial charge in [0.25, 0.3) is 5.91 Å². The van der Waals surface area contributed by atoms with Crippen molar-refractivity contribution in [2.75, 3.05) is 27.2 Å². The average molecular weight is 333 g/mol. The van der Waals surface area contributed by atoms with Gasteiger partial charge >= 0.3 is 0 Å². The molecule has 0 heterocycles. The standard InChI is InChI=1S/C19H31N3O2/c1-14(2)17(23)21(5)11-15-7-9-16(10-8-15)18(24)22(6)13-19(3,4)12-20/h7-10,14H,11-13,20H2,1-6H3. The Morgan fingerprint density at radius 3 is 2.08 bits per heavy atom. The largest absolute Gasteiger partial charge is 0.341 e. The third-order valence-electron chi connectivity index (χ3n) is 4.06. The second-order valence-electron chi connectivity index (χ2n) is 7.58. The van der Waals surface area contributed by atoms with Gasteiger partial charge in [-0.25, -0.2) is 0 Å². The lowest BCUT2D eigenvalue weighted by atomic mass is 9.93. The molecule has 1 rings (SSSR count). The van der Waals surface area contributed by atoms with Gasteiger partial charge in [-0.15, -0.1) is 0 Å². The summed E-state index contributed by atoms with van der Waals surface area (Å²) in [6, 6.07) is 7.44. The fourth-order valence-electron chi connectivity index (χ4n) is 2.54. The van der Waals surface area contributed by atoms with Crippen molar-refractivity contribution in [1.29, 1.82) is 0 Å². The van der Waals surface area contributed by atoms with E-state index in [-0.39, 0.29) is 23.1 Å². The molecular formula is C19H31N3O2. The van der Waals surface area contributed by atoms with Crippen molar-refractivity contribution in [1.82, 2.24) is 9.80 Å². The summed E-state index contributed by atoms with van der Waals surface area (Å²) in [6.07, 6.45) is 0. The van der Waals surface area contributed by atoms with Gasteiger partial charge in [0.1, 0.15) is 0 Å². The SMILES string of the molecule is CC(C)C(=O)N(C)Cc1ccc(C(=O)N(C)CC(C)(C)CN)cc1. The van der Waals surface area contributed by atoms with E-state index in [0.29, 0.717) is 25.2 Å². The van der Waals surface area contributed by atoms with E-state index in [9.17, 15) is 9.59 Å². The predicted molar refractivity (Wildman–Crippen MR) is 97.5 cm³/mol. The van der Waals surface area contributed by atoms with Crippen molar-refractivity contribution >= 4 is 11.8 Å². The number of carbonyl (C=O) groups is 2. The van der Waals surface area contributed by atoms with Crippen molar-refractivity contribution < 1.29 is 9.59 Å². The molecule has 0 atom stereocenters. The number of nitrogens with zero attached hydrogens (tertiary/aromatic N) is 2. The molecule has 1 aromatic rings. The van der Waals surface area contributed by atoms with Crippen LogP contribution >= 0.6 is 0 Å². The summed E-state index contributed by atoms with van der Waals surface area (Å²) in [6.45, 7) is 9.54. The van der Waals surface area contributed by atoms with Crippen LogP contribution in [0.15, 0.2) is 24.3 Å². The Bertz CT molecular complexity index is 564. The van der Waals surface area contributed by atoms with Crippen molar-refractivity contribution in [3.05, 3.63) is 35.4 Å². The number of benzene rings is 1. The maximum absolute atomic E-state index is 12.5. The van der Waals surface area contributed by atoms with Gasteiger partial charge in [0.15, 0.2) is 0 Å². The molecular weight excluding hydrogens is 302 g/mol. The van der Waals surface area contributed by atoms with Crippen LogP contribution in [0.2, 0.25) is 0 Å². The molecule has 0 unspecified atom stereocenters. The quantitative estimate of drug-likeness (QED) is 0.833. The molecule has 5 nitrogen and oxygen atoms in total. The van der Waals surface area contributed by atoms with Gasteiger partial charge in [0, 0.05) is 38.7 Å². The fourth-order valence-corrected chi connectivity index (χ4v) is 2.54. The predicted octanol–water partition coefficient (Wildman–Crippen LogP) is 2.36. The summed E-state index contributed by atoms with van der Waals surface area (Å²) in [5, 5.41) is 0. The van der Waals surface area contributed by atoms with E-state index in [1.54, 1.807) is 23.9 Å². The highest BCUT2D eigenvalue weighted by atomic mass is 16.2. The fraction of sp³-hybridized carbons (Fsp3) is 0.579. The Hall–Kier alpha value is -1.88. The van der Waals surface area contributed by atoms with Gasteiger partial charge in [-0.2, -0.15) is 0 Å². The molecule has 5 heteroatoms. The molecule has 0 radical (unpaired) electrons. The molecule has 0 aliphatic carbocycles. The van der Waals surface area contributed by atoms with Gasteiger partial charge in [-0.3, -0.25) is 9.59 Å². The zero-order valence-electron chi connectivity index (χ0n) is 15.8. The smallest absolute Gasteiger partial charge is 0.253 e. The third-order valence-corrected chi connectivity index (χ3v) is 4.06. The van der Waals surface area contributed by atoms with Crippen molar-refractivity contribution in [3.8, 4) is 0 Å². The molecule has 0 saturated heterocycles. The van der Waals surface area contributed by atoms with Crippen LogP contribution in [0.25, 0.3) is 0 Å². The van der Waals surface area contributed by atoms with Crippen molar-refractivity contribution in [3.63, 3.8) is 0 Å². The first-order valence-electron chi connectivity index (χ1n) is 8.37. The highest BCUT2D eigenvalue weighted by Crippen LogP contribution is 2.16. The molecule has 2 amide bonds. The van der Waals surface area contributed by atoms with Crippen LogP contribution in [0.1, 0.15) is 43.6 Å². The summed E-state index contributed by atoms with van der Waals surface area (Å²) >= 11 is 0. The zero-order valence-corrected chi connectivity index (χ0v) is 15.8. The van der Waals surface area contributed by atoms with Crippen LogP contribution in [-0.4, -0.2) is 48.8 Å². The summed E-state index contributed by atoms with van der Waals surface area (Å²) in [5.41, 5.74) is 7.28. The minimum Gasteiger partial charge on any atom is -0.341 e. The second-order valence-corrected chi connectivity index (χ2v) is 7.58. The monoisotopic (exact) mass is 333 g/mol. The molecule has 24 heavy (non-hydrogen) atoms. The first-order valence-corrected chi connectivity index (χ1v) is 8.37. The maximum atomic E-state index is 12.5. The number of amides is 2. The molecule has 0 aliphatic rings. The third kappa shape index (κ3) is 5.64. The maximum Gasteiger partial charge on any atom is 0.253 e. The number of nitrogens with two attached hydrogens (primary N) is 1. The van der Waals surface area contributed by atoms with Crippen LogP contribution in [0.5, 0.6) is 0 Å². The highest BCUT2D eigenvalue weighted by Gasteiger charge is 2.22. The lowest BCUT2D eigenvalue weighted by Crippen LogP contribution is -2.39. The van der Waals surface area contributed by atoms with Gasteiger partial charge in [-0.1, -0.05) is 39.8 Å². The summed E-state index contributed by atoms with van der Waals surface area (Å²) in [7, 11) is 3.59. The normalized spacial score (nSPS) is 11.5. The number of hydrogen-bond donors (Lipinski definition) is 1. The molecule has 0 spiro atoms. The van der Waals surface area contributed by atoms with Crippen LogP contribution in [0.3, 0.4) is 0 Å². The van der Waals surface area contributed by atoms with Gasteiger partial charge in [0.2, 0.25) is 5.91 Å². The number of carbonyl (C=O) groups excluding carboxylic acids is 2. The Labute approximate surface area is 145 Å². The first kappa shape index (κ1) is 20.2. The lowest BCUT2D eigenvalue weighted by molar-refractivity contribution is -0.133. The molecule has 0 fully saturated rings. The number of hydrogen-bond acceptors (Lipinski definition) is 3. The Balaban J connectivity index is 2.73. The van der Waals surface area contributed by atoms with Gasteiger partial charge in [-0.05, 0) is 29.7 Å². The van der Waals surface area contributed by atoms with E-state index in [1.807, 2.05) is 52.0 Å². The minimum atomic E-state index is -0.107. The van der Waals surface area contributed by atoms with Gasteiger partial charge < -0.3 is 15.5 Å². The topological polar surface area (TPSA) is 66.6 Å².